The number of nitro benzene ring substituents is 1. The number of hydrogen-bond acceptors (Lipinski definition) is 9. The fourth-order valence-corrected chi connectivity index (χ4v) is 1.72. The minimum absolute atomic E-state index is 0.0703. The van der Waals surface area contributed by atoms with Gasteiger partial charge in [-0.05, 0) is 12.1 Å². The Morgan fingerprint density at radius 3 is 2.58 bits per heavy atom. The highest BCUT2D eigenvalue weighted by Gasteiger charge is 2.19. The van der Waals surface area contributed by atoms with Crippen LogP contribution < -0.4 is 10.2 Å². The lowest BCUT2D eigenvalue weighted by Gasteiger charge is -2.05. The highest BCUT2D eigenvalue weighted by Crippen LogP contribution is 2.36. The van der Waals surface area contributed by atoms with E-state index in [1.165, 1.54) is 31.5 Å². The average molecular weight is 333 g/mol. The second-order valence-corrected chi connectivity index (χ2v) is 4.38. The summed E-state index contributed by atoms with van der Waals surface area (Å²) in [6.45, 7) is 0. The second kappa shape index (κ2) is 7.00. The average Bonchev–Trinajstić information content (AvgIpc) is 2.56. The number of hydrazone groups is 1. The first kappa shape index (κ1) is 16.6. The van der Waals surface area contributed by atoms with Crippen LogP contribution in [0.1, 0.15) is 5.56 Å². The number of nitro groups is 2. The third-order valence-electron chi connectivity index (χ3n) is 2.85. The number of benzene rings is 1. The van der Waals surface area contributed by atoms with E-state index < -0.39 is 21.3 Å². The Balaban J connectivity index is 2.18. The first-order valence-corrected chi connectivity index (χ1v) is 6.37. The van der Waals surface area contributed by atoms with Crippen molar-refractivity contribution in [2.24, 2.45) is 5.10 Å². The van der Waals surface area contributed by atoms with Crippen molar-refractivity contribution < 1.29 is 19.7 Å². The van der Waals surface area contributed by atoms with Gasteiger partial charge in [0.2, 0.25) is 5.75 Å². The van der Waals surface area contributed by atoms with Gasteiger partial charge in [0.1, 0.15) is 12.0 Å². The number of methoxy groups -OCH3 is 1. The minimum atomic E-state index is -0.749. The van der Waals surface area contributed by atoms with E-state index in [0.29, 0.717) is 5.56 Å². The smallest absolute Gasteiger partial charge is 0.315 e. The van der Waals surface area contributed by atoms with E-state index in [1.807, 2.05) is 0 Å². The van der Waals surface area contributed by atoms with Crippen LogP contribution in [0, 0.1) is 20.2 Å². The van der Waals surface area contributed by atoms with Gasteiger partial charge >= 0.3 is 5.69 Å². The molecule has 0 aliphatic heterocycles. The van der Waals surface area contributed by atoms with Gasteiger partial charge in [0.05, 0.1) is 23.2 Å². The molecule has 0 unspecified atom stereocenters. The van der Waals surface area contributed by atoms with Crippen LogP contribution in [0.5, 0.6) is 11.5 Å². The predicted octanol–water partition coefficient (Wildman–Crippen LogP) is 2.06. The summed E-state index contributed by atoms with van der Waals surface area (Å²) >= 11 is 0. The zero-order chi connectivity index (χ0) is 17.7. The summed E-state index contributed by atoms with van der Waals surface area (Å²) in [4.78, 5) is 23.9. The molecule has 0 saturated heterocycles. The number of hydrogen-bond donors (Lipinski definition) is 2. The van der Waals surface area contributed by atoms with E-state index in [-0.39, 0.29) is 17.3 Å². The Bertz CT molecular complexity index is 805. The van der Waals surface area contributed by atoms with Gasteiger partial charge in [-0.1, -0.05) is 0 Å². The maximum atomic E-state index is 10.9. The van der Waals surface area contributed by atoms with Crippen molar-refractivity contribution in [3.8, 4) is 11.5 Å². The molecule has 0 radical (unpaired) electrons. The molecule has 1 heterocycles. The Kier molecular flexibility index (Phi) is 4.84. The van der Waals surface area contributed by atoms with Crippen molar-refractivity contribution in [3.63, 3.8) is 0 Å². The van der Waals surface area contributed by atoms with E-state index in [4.69, 9.17) is 4.74 Å². The minimum Gasteiger partial charge on any atom is -0.500 e. The maximum absolute atomic E-state index is 10.9. The maximum Gasteiger partial charge on any atom is 0.315 e. The van der Waals surface area contributed by atoms with E-state index in [0.717, 1.165) is 12.3 Å². The van der Waals surface area contributed by atoms with Gasteiger partial charge in [0, 0.05) is 17.7 Å². The molecule has 24 heavy (non-hydrogen) atoms. The number of aromatic nitrogens is 1. The number of ether oxygens (including phenoxy) is 1. The van der Waals surface area contributed by atoms with Crippen LogP contribution in [-0.2, 0) is 0 Å². The highest BCUT2D eigenvalue weighted by molar-refractivity contribution is 5.83. The summed E-state index contributed by atoms with van der Waals surface area (Å²) in [7, 11) is 1.26. The van der Waals surface area contributed by atoms with E-state index in [9.17, 15) is 25.3 Å². The number of aromatic hydroxyl groups is 1. The van der Waals surface area contributed by atoms with Crippen LogP contribution in [-0.4, -0.2) is 33.3 Å². The quantitative estimate of drug-likeness (QED) is 0.462. The van der Waals surface area contributed by atoms with E-state index in [1.54, 1.807) is 0 Å². The fraction of sp³-hybridized carbons (Fsp3) is 0.0769. The summed E-state index contributed by atoms with van der Waals surface area (Å²) < 4.78 is 4.86. The Morgan fingerprint density at radius 1 is 1.29 bits per heavy atom. The van der Waals surface area contributed by atoms with Crippen molar-refractivity contribution in [3.05, 3.63) is 56.3 Å². The van der Waals surface area contributed by atoms with Crippen LogP contribution in [0.25, 0.3) is 0 Å². The Labute approximate surface area is 134 Å². The summed E-state index contributed by atoms with van der Waals surface area (Å²) in [5.74, 6) is -0.402. The molecule has 124 valence electrons. The Hall–Kier alpha value is -3.76. The van der Waals surface area contributed by atoms with Crippen molar-refractivity contribution in [1.29, 1.82) is 0 Å². The lowest BCUT2D eigenvalue weighted by molar-refractivity contribution is -0.386. The highest BCUT2D eigenvalue weighted by atomic mass is 16.6. The molecule has 11 heteroatoms. The van der Waals surface area contributed by atoms with Crippen LogP contribution in [0.15, 0.2) is 35.6 Å². The molecule has 0 bridgehead atoms. The molecular formula is C13H11N5O6. The zero-order valence-corrected chi connectivity index (χ0v) is 12.2. The van der Waals surface area contributed by atoms with Gasteiger partial charge in [0.25, 0.3) is 5.69 Å². The van der Waals surface area contributed by atoms with Gasteiger partial charge in [-0.15, -0.1) is 0 Å². The lowest BCUT2D eigenvalue weighted by atomic mass is 10.2. The van der Waals surface area contributed by atoms with E-state index in [2.05, 4.69) is 15.5 Å². The van der Waals surface area contributed by atoms with Gasteiger partial charge in [-0.3, -0.25) is 25.7 Å². The first-order valence-electron chi connectivity index (χ1n) is 6.37. The third kappa shape index (κ3) is 3.71. The molecule has 0 aliphatic rings. The van der Waals surface area contributed by atoms with Crippen LogP contribution in [0.3, 0.4) is 0 Å². The standard InChI is InChI=1S/C13H11N5O6/c1-24-11-5-8(4-10(13(11)19)18(22)23)6-15-16-12-3-2-9(7-14-12)17(20)21/h2-7,19H,1H3,(H,14,16)/b15-6+. The molecule has 11 nitrogen and oxygen atoms in total. The summed E-state index contributed by atoms with van der Waals surface area (Å²) in [6, 6.07) is 5.08. The van der Waals surface area contributed by atoms with Crippen molar-refractivity contribution >= 4 is 23.4 Å². The monoisotopic (exact) mass is 333 g/mol. The number of nitrogens with zero attached hydrogens (tertiary/aromatic N) is 4. The Morgan fingerprint density at radius 2 is 2.04 bits per heavy atom. The molecule has 0 spiro atoms. The molecule has 0 atom stereocenters. The predicted molar refractivity (Wildman–Crippen MR) is 83.4 cm³/mol. The van der Waals surface area contributed by atoms with Gasteiger partial charge in [-0.2, -0.15) is 5.10 Å². The number of phenolic OH excluding ortho intramolecular Hbond substituents is 1. The molecule has 2 rings (SSSR count). The van der Waals surface area contributed by atoms with Gasteiger partial charge in [-0.25, -0.2) is 4.98 Å². The molecule has 2 aromatic rings. The van der Waals surface area contributed by atoms with Gasteiger partial charge in [0.15, 0.2) is 5.75 Å². The van der Waals surface area contributed by atoms with E-state index >= 15 is 0 Å². The molecule has 1 aromatic heterocycles. The summed E-state index contributed by atoms with van der Waals surface area (Å²) in [5.41, 5.74) is 2.13. The number of phenols is 1. The molecule has 0 aliphatic carbocycles. The van der Waals surface area contributed by atoms with Gasteiger partial charge < -0.3 is 9.84 Å². The number of rotatable bonds is 6. The SMILES string of the molecule is COc1cc(/C=N/Nc2ccc([N+](=O)[O-])cn2)cc([N+](=O)[O-])c1O. The molecule has 0 amide bonds. The second-order valence-electron chi connectivity index (χ2n) is 4.38. The molecular weight excluding hydrogens is 322 g/mol. The largest absolute Gasteiger partial charge is 0.500 e. The molecule has 1 aromatic carbocycles. The number of anilines is 1. The van der Waals surface area contributed by atoms with Crippen molar-refractivity contribution in [2.45, 2.75) is 0 Å². The molecule has 0 fully saturated rings. The molecule has 2 N–H and O–H groups in total. The van der Waals surface area contributed by atoms with Crippen LogP contribution in [0.2, 0.25) is 0 Å². The summed E-state index contributed by atoms with van der Waals surface area (Å²) in [5, 5.41) is 34.9. The third-order valence-corrected chi connectivity index (χ3v) is 2.85. The number of nitrogens with one attached hydrogen (secondary N) is 1. The molecule has 0 saturated carbocycles. The lowest BCUT2D eigenvalue weighted by Crippen LogP contribution is -1.97. The normalized spacial score (nSPS) is 10.5. The van der Waals surface area contributed by atoms with Crippen molar-refractivity contribution in [1.82, 2.24) is 4.98 Å². The van der Waals surface area contributed by atoms with Crippen molar-refractivity contribution in [2.75, 3.05) is 12.5 Å². The summed E-state index contributed by atoms with van der Waals surface area (Å²) in [6.07, 6.45) is 2.31. The fourth-order valence-electron chi connectivity index (χ4n) is 1.72. The zero-order valence-electron chi connectivity index (χ0n) is 12.2. The topological polar surface area (TPSA) is 153 Å². The van der Waals surface area contributed by atoms with Crippen LogP contribution in [0.4, 0.5) is 17.2 Å². The van der Waals surface area contributed by atoms with Crippen LogP contribution >= 0.6 is 0 Å². The number of pyridine rings is 1. The first-order chi connectivity index (χ1) is 11.4.